The van der Waals surface area contributed by atoms with Crippen LogP contribution in [0.1, 0.15) is 31.4 Å². The summed E-state index contributed by atoms with van der Waals surface area (Å²) in [6.45, 7) is 5.60. The van der Waals surface area contributed by atoms with E-state index in [4.69, 9.17) is 13.9 Å². The minimum atomic E-state index is -0.426. The van der Waals surface area contributed by atoms with Crippen LogP contribution >= 0.6 is 0 Å². The first-order valence-electron chi connectivity index (χ1n) is 9.04. The molecule has 0 radical (unpaired) electrons. The molecule has 0 spiro atoms. The van der Waals surface area contributed by atoms with Crippen molar-refractivity contribution in [2.45, 2.75) is 39.2 Å². The topological polar surface area (TPSA) is 106 Å². The molecule has 2 aromatic heterocycles. The van der Waals surface area contributed by atoms with Gasteiger partial charge in [-0.2, -0.15) is 0 Å². The van der Waals surface area contributed by atoms with E-state index in [0.29, 0.717) is 28.4 Å². The first kappa shape index (κ1) is 18.1. The summed E-state index contributed by atoms with van der Waals surface area (Å²) in [7, 11) is 0. The summed E-state index contributed by atoms with van der Waals surface area (Å²) in [6.07, 6.45) is 4.68. The Balaban J connectivity index is 1.71. The summed E-state index contributed by atoms with van der Waals surface area (Å²) in [6, 6.07) is 3.18. The molecule has 1 aromatic carbocycles. The number of ether oxygens (including phenoxy) is 2. The van der Waals surface area contributed by atoms with Crippen molar-refractivity contribution in [1.29, 1.82) is 0 Å². The van der Waals surface area contributed by atoms with E-state index >= 15 is 0 Å². The van der Waals surface area contributed by atoms with Gasteiger partial charge >= 0.3 is 5.63 Å². The van der Waals surface area contributed by atoms with Gasteiger partial charge in [-0.15, -0.1) is 0 Å². The molecule has 0 atom stereocenters. The second kappa shape index (κ2) is 6.70. The number of hydrogen-bond donors (Lipinski definition) is 2. The number of anilines is 1. The van der Waals surface area contributed by atoms with Crippen LogP contribution in [0.2, 0.25) is 0 Å². The summed E-state index contributed by atoms with van der Waals surface area (Å²) in [4.78, 5) is 30.8. The molecule has 8 nitrogen and oxygen atoms in total. The number of carbonyl (C=O) groups is 1. The molecule has 0 bridgehead atoms. The predicted octanol–water partition coefficient (Wildman–Crippen LogP) is 2.95. The molecule has 0 fully saturated rings. The van der Waals surface area contributed by atoms with Crippen LogP contribution in [0.15, 0.2) is 33.7 Å². The quantitative estimate of drug-likeness (QED) is 0.671. The Morgan fingerprint density at radius 2 is 2.21 bits per heavy atom. The van der Waals surface area contributed by atoms with Crippen LogP contribution < -0.4 is 20.4 Å². The number of nitrogens with one attached hydrogen (secondary N) is 2. The molecular formula is C20H21N3O5. The van der Waals surface area contributed by atoms with Gasteiger partial charge in [0.1, 0.15) is 22.7 Å². The number of rotatable bonds is 4. The summed E-state index contributed by atoms with van der Waals surface area (Å²) >= 11 is 0. The zero-order valence-corrected chi connectivity index (χ0v) is 15.9. The lowest BCUT2D eigenvalue weighted by Crippen LogP contribution is -2.32. The monoisotopic (exact) mass is 383 g/mol. The molecule has 0 saturated heterocycles. The Morgan fingerprint density at radius 1 is 1.39 bits per heavy atom. The smallest absolute Gasteiger partial charge is 0.336 e. The van der Waals surface area contributed by atoms with Crippen LogP contribution in [-0.4, -0.2) is 28.1 Å². The standard InChI is InChI=1S/C20H21N3O5/c1-11-8-16(25)27-18-12-4-5-20(2,3)28-13(12)9-14(17(11)18)26-10-15(24)23-19-21-6-7-22-19/h6-9H,4-5,10H2,1-3H3,(H2,21,22,23,24). The van der Waals surface area contributed by atoms with Crippen LogP contribution in [-0.2, 0) is 11.2 Å². The Hall–Kier alpha value is -3.29. The average molecular weight is 383 g/mol. The third-order valence-electron chi connectivity index (χ3n) is 4.72. The van der Waals surface area contributed by atoms with E-state index in [1.807, 2.05) is 20.8 Å². The highest BCUT2D eigenvalue weighted by molar-refractivity contribution is 5.93. The lowest BCUT2D eigenvalue weighted by Gasteiger charge is -2.33. The second-order valence-electron chi connectivity index (χ2n) is 7.44. The number of benzene rings is 1. The molecule has 146 valence electrons. The van der Waals surface area contributed by atoms with Gasteiger partial charge in [0.05, 0.1) is 5.39 Å². The molecule has 2 N–H and O–H groups in total. The van der Waals surface area contributed by atoms with Gasteiger partial charge in [-0.1, -0.05) is 0 Å². The van der Waals surface area contributed by atoms with Gasteiger partial charge in [0.2, 0.25) is 5.95 Å². The average Bonchev–Trinajstić information content (AvgIpc) is 3.11. The highest BCUT2D eigenvalue weighted by Crippen LogP contribution is 2.42. The third kappa shape index (κ3) is 3.45. The van der Waals surface area contributed by atoms with Crippen molar-refractivity contribution in [3.63, 3.8) is 0 Å². The van der Waals surface area contributed by atoms with Gasteiger partial charge in [0.25, 0.3) is 5.91 Å². The molecule has 0 aliphatic carbocycles. The molecule has 0 saturated carbocycles. The van der Waals surface area contributed by atoms with E-state index in [-0.39, 0.29) is 18.1 Å². The Morgan fingerprint density at radius 3 is 2.96 bits per heavy atom. The summed E-state index contributed by atoms with van der Waals surface area (Å²) < 4.78 is 17.4. The van der Waals surface area contributed by atoms with Crippen LogP contribution in [0.3, 0.4) is 0 Å². The lowest BCUT2D eigenvalue weighted by molar-refractivity contribution is -0.118. The molecule has 4 rings (SSSR count). The maximum absolute atomic E-state index is 12.1. The van der Waals surface area contributed by atoms with E-state index in [0.717, 1.165) is 24.0 Å². The highest BCUT2D eigenvalue weighted by atomic mass is 16.5. The largest absolute Gasteiger partial charge is 0.487 e. The molecule has 28 heavy (non-hydrogen) atoms. The molecule has 8 heteroatoms. The number of fused-ring (bicyclic) bond motifs is 3. The summed E-state index contributed by atoms with van der Waals surface area (Å²) in [5.41, 5.74) is 1.27. The second-order valence-corrected chi connectivity index (χ2v) is 7.44. The van der Waals surface area contributed by atoms with Gasteiger partial charge in [0, 0.05) is 30.1 Å². The normalized spacial score (nSPS) is 15.0. The third-order valence-corrected chi connectivity index (χ3v) is 4.72. The van der Waals surface area contributed by atoms with E-state index in [1.165, 1.54) is 12.3 Å². The van der Waals surface area contributed by atoms with Crippen LogP contribution in [0.4, 0.5) is 5.95 Å². The van der Waals surface area contributed by atoms with Gasteiger partial charge < -0.3 is 18.9 Å². The summed E-state index contributed by atoms with van der Waals surface area (Å²) in [5.74, 6) is 1.02. The van der Waals surface area contributed by atoms with E-state index in [2.05, 4.69) is 15.3 Å². The fourth-order valence-corrected chi connectivity index (χ4v) is 3.38. The van der Waals surface area contributed by atoms with E-state index in [9.17, 15) is 9.59 Å². The van der Waals surface area contributed by atoms with Crippen LogP contribution in [0, 0.1) is 6.92 Å². The Kier molecular flexibility index (Phi) is 4.33. The number of aromatic amines is 1. The summed E-state index contributed by atoms with van der Waals surface area (Å²) in [5, 5.41) is 3.28. The van der Waals surface area contributed by atoms with Crippen molar-refractivity contribution in [2.75, 3.05) is 11.9 Å². The zero-order chi connectivity index (χ0) is 19.9. The van der Waals surface area contributed by atoms with E-state index in [1.54, 1.807) is 12.3 Å². The van der Waals surface area contributed by atoms with E-state index < -0.39 is 5.63 Å². The minimum absolute atomic E-state index is 0.226. The van der Waals surface area contributed by atoms with Crippen molar-refractivity contribution in [3.8, 4) is 11.5 Å². The number of hydrogen-bond acceptors (Lipinski definition) is 6. The molecule has 3 heterocycles. The molecule has 3 aromatic rings. The highest BCUT2D eigenvalue weighted by Gasteiger charge is 2.30. The number of amides is 1. The minimum Gasteiger partial charge on any atom is -0.487 e. The SMILES string of the molecule is Cc1cc(=O)oc2c3c(cc(OCC(=O)Nc4ncc[nH]4)c12)OC(C)(C)CC3. The fraction of sp³-hybridized carbons (Fsp3) is 0.350. The molecule has 1 aliphatic heterocycles. The molecule has 1 aliphatic rings. The number of nitrogens with zero attached hydrogens (tertiary/aromatic N) is 1. The number of aryl methyl sites for hydroxylation is 2. The first-order valence-corrected chi connectivity index (χ1v) is 9.04. The van der Waals surface area contributed by atoms with Crippen molar-refractivity contribution < 1.29 is 18.7 Å². The predicted molar refractivity (Wildman–Crippen MR) is 103 cm³/mol. The van der Waals surface area contributed by atoms with Crippen LogP contribution in [0.5, 0.6) is 11.5 Å². The fourth-order valence-electron chi connectivity index (χ4n) is 3.38. The van der Waals surface area contributed by atoms with Crippen molar-refractivity contribution in [2.24, 2.45) is 0 Å². The Labute approximate surface area is 160 Å². The van der Waals surface area contributed by atoms with Crippen molar-refractivity contribution >= 4 is 22.8 Å². The maximum Gasteiger partial charge on any atom is 0.336 e. The van der Waals surface area contributed by atoms with Gasteiger partial charge in [-0.3, -0.25) is 10.1 Å². The number of aromatic nitrogens is 2. The van der Waals surface area contributed by atoms with Crippen molar-refractivity contribution in [3.05, 3.63) is 46.1 Å². The molecule has 0 unspecified atom stereocenters. The van der Waals surface area contributed by atoms with Gasteiger partial charge in [-0.25, -0.2) is 9.78 Å². The molecular weight excluding hydrogens is 362 g/mol. The first-order chi connectivity index (χ1) is 13.3. The number of H-pyrrole nitrogens is 1. The lowest BCUT2D eigenvalue weighted by atomic mass is 9.92. The van der Waals surface area contributed by atoms with Gasteiger partial charge in [0.15, 0.2) is 6.61 Å². The zero-order valence-electron chi connectivity index (χ0n) is 15.9. The number of imidazole rings is 1. The maximum atomic E-state index is 12.1. The van der Waals surface area contributed by atoms with Gasteiger partial charge in [-0.05, 0) is 39.2 Å². The number of carbonyl (C=O) groups excluding carboxylic acids is 1. The van der Waals surface area contributed by atoms with Crippen molar-refractivity contribution in [1.82, 2.24) is 9.97 Å². The Bertz CT molecular complexity index is 1100. The molecule has 1 amide bonds. The van der Waals surface area contributed by atoms with Crippen LogP contribution in [0.25, 0.3) is 11.0 Å².